The van der Waals surface area contributed by atoms with E-state index in [-0.39, 0.29) is 25.9 Å². The third-order valence-electron chi connectivity index (χ3n) is 4.82. The number of aromatic nitrogens is 3. The number of anilines is 3. The van der Waals surface area contributed by atoms with Gasteiger partial charge in [0.1, 0.15) is 0 Å². The predicted octanol–water partition coefficient (Wildman–Crippen LogP) is 1.98. The zero-order valence-electron chi connectivity index (χ0n) is 21.5. The van der Waals surface area contributed by atoms with Crippen molar-refractivity contribution in [3.8, 4) is 0 Å². The summed E-state index contributed by atoms with van der Waals surface area (Å²) in [5, 5.41) is 43.2. The second-order valence-electron chi connectivity index (χ2n) is 8.21. The first-order chi connectivity index (χ1) is 17.8. The van der Waals surface area contributed by atoms with Crippen LogP contribution in [0.3, 0.4) is 0 Å². The van der Waals surface area contributed by atoms with Gasteiger partial charge in [0.25, 0.3) is 0 Å². The van der Waals surface area contributed by atoms with Crippen molar-refractivity contribution in [2.24, 2.45) is 5.73 Å². The number of rotatable bonds is 22. The molecule has 0 bridgehead atoms. The monoisotopic (exact) mass is 529 g/mol. The van der Waals surface area contributed by atoms with Gasteiger partial charge in [-0.2, -0.15) is 15.0 Å². The van der Waals surface area contributed by atoms with Gasteiger partial charge in [-0.3, -0.25) is 14.4 Å². The van der Waals surface area contributed by atoms with Crippen LogP contribution in [0.1, 0.15) is 77.0 Å². The van der Waals surface area contributed by atoms with Crippen molar-refractivity contribution in [2.45, 2.75) is 77.0 Å². The first kappa shape index (κ1) is 33.7. The molecule has 0 aliphatic heterocycles. The van der Waals surface area contributed by atoms with Gasteiger partial charge in [-0.25, -0.2) is 0 Å². The fourth-order valence-corrected chi connectivity index (χ4v) is 2.95. The predicted molar refractivity (Wildman–Crippen MR) is 140 cm³/mol. The highest BCUT2D eigenvalue weighted by molar-refractivity contribution is 5.67. The van der Waals surface area contributed by atoms with Crippen LogP contribution < -0.4 is 21.7 Å². The Labute approximate surface area is 217 Å². The van der Waals surface area contributed by atoms with Crippen molar-refractivity contribution in [1.82, 2.24) is 15.0 Å². The molecule has 0 spiro atoms. The van der Waals surface area contributed by atoms with Gasteiger partial charge < -0.3 is 42.1 Å². The van der Waals surface area contributed by atoms with E-state index >= 15 is 0 Å². The van der Waals surface area contributed by atoms with Crippen molar-refractivity contribution >= 4 is 35.8 Å². The Bertz CT molecular complexity index is 659. The topological polar surface area (TPSA) is 233 Å². The molecule has 1 heterocycles. The van der Waals surface area contributed by atoms with Gasteiger partial charge >= 0.3 is 17.9 Å². The Morgan fingerprint density at radius 1 is 0.568 bits per heavy atom. The standard InChI is InChI=1S/C21H36N6O6.C2H7NO/c28-16(29)10-4-1-7-13-22-19-25-20(23-14-8-2-5-11-17(30)31)27-21(26-19)24-15-9-3-6-12-18(32)33;3-1-2-4/h1-15H2,(H,28,29)(H,30,31)(H,32,33)(H3,22,23,24,25,26,27);4H,1-3H2. The summed E-state index contributed by atoms with van der Waals surface area (Å²) in [4.78, 5) is 44.8. The minimum atomic E-state index is -0.794. The third kappa shape index (κ3) is 22.9. The fourth-order valence-electron chi connectivity index (χ4n) is 2.95. The van der Waals surface area contributed by atoms with Crippen molar-refractivity contribution in [2.75, 3.05) is 48.7 Å². The Morgan fingerprint density at radius 2 is 0.838 bits per heavy atom. The zero-order chi connectivity index (χ0) is 27.7. The van der Waals surface area contributed by atoms with Crippen molar-refractivity contribution in [1.29, 1.82) is 0 Å². The van der Waals surface area contributed by atoms with Crippen LogP contribution >= 0.6 is 0 Å². The van der Waals surface area contributed by atoms with Crippen LogP contribution in [0, 0.1) is 0 Å². The van der Waals surface area contributed by atoms with Crippen molar-refractivity contribution in [3.05, 3.63) is 0 Å². The number of nitrogens with two attached hydrogens (primary N) is 1. The molecule has 1 aromatic heterocycles. The molecule has 14 heteroatoms. The van der Waals surface area contributed by atoms with Crippen LogP contribution in [-0.2, 0) is 14.4 Å². The number of aliphatic hydroxyl groups excluding tert-OH is 1. The van der Waals surface area contributed by atoms with Gasteiger partial charge in [0.05, 0.1) is 6.61 Å². The van der Waals surface area contributed by atoms with E-state index in [0.29, 0.717) is 63.3 Å². The van der Waals surface area contributed by atoms with E-state index in [4.69, 9.17) is 26.2 Å². The Hall–Kier alpha value is -3.26. The third-order valence-corrected chi connectivity index (χ3v) is 4.82. The molecule has 14 nitrogen and oxygen atoms in total. The fraction of sp³-hybridized carbons (Fsp3) is 0.739. The van der Waals surface area contributed by atoms with E-state index in [1.54, 1.807) is 0 Å². The number of hydrogen-bond acceptors (Lipinski definition) is 11. The van der Waals surface area contributed by atoms with Gasteiger partial charge in [0.15, 0.2) is 0 Å². The van der Waals surface area contributed by atoms with Crippen molar-refractivity contribution in [3.63, 3.8) is 0 Å². The number of aliphatic carboxylic acids is 3. The normalized spacial score (nSPS) is 10.2. The minimum absolute atomic E-state index is 0.0972. The highest BCUT2D eigenvalue weighted by Crippen LogP contribution is 2.11. The lowest BCUT2D eigenvalue weighted by Gasteiger charge is -2.11. The van der Waals surface area contributed by atoms with Crippen LogP contribution in [0.15, 0.2) is 0 Å². The number of nitrogens with zero attached hydrogens (tertiary/aromatic N) is 3. The molecule has 37 heavy (non-hydrogen) atoms. The first-order valence-corrected chi connectivity index (χ1v) is 12.7. The molecule has 0 aromatic carbocycles. The van der Waals surface area contributed by atoms with Gasteiger partial charge in [-0.15, -0.1) is 0 Å². The molecule has 0 aliphatic carbocycles. The minimum Gasteiger partial charge on any atom is -0.481 e. The highest BCUT2D eigenvalue weighted by atomic mass is 16.4. The summed E-state index contributed by atoms with van der Waals surface area (Å²) < 4.78 is 0. The Kier molecular flexibility index (Phi) is 21.1. The van der Waals surface area contributed by atoms with Crippen LogP contribution in [0.2, 0.25) is 0 Å². The maximum atomic E-state index is 10.6. The Morgan fingerprint density at radius 3 is 1.05 bits per heavy atom. The van der Waals surface area contributed by atoms with Gasteiger partial charge in [0, 0.05) is 45.4 Å². The van der Waals surface area contributed by atoms with Gasteiger partial charge in [-0.05, 0) is 38.5 Å². The lowest BCUT2D eigenvalue weighted by atomic mass is 10.2. The average Bonchev–Trinajstić information content (AvgIpc) is 2.85. The quantitative estimate of drug-likeness (QED) is 0.100. The largest absolute Gasteiger partial charge is 0.481 e. The molecule has 0 amide bonds. The maximum Gasteiger partial charge on any atom is 0.303 e. The van der Waals surface area contributed by atoms with Crippen LogP contribution in [0.5, 0.6) is 0 Å². The Balaban J connectivity index is 0.00000300. The number of unbranched alkanes of at least 4 members (excludes halogenated alkanes) is 6. The summed E-state index contributed by atoms with van der Waals surface area (Å²) in [5.74, 6) is -1.16. The SMILES string of the molecule is NCCO.O=C(O)CCCCCNc1nc(NCCCCCC(=O)O)nc(NCCCCCC(=O)O)n1. The number of carbonyl (C=O) groups is 3. The van der Waals surface area contributed by atoms with E-state index in [0.717, 1.165) is 38.5 Å². The molecule has 0 aliphatic rings. The van der Waals surface area contributed by atoms with E-state index in [1.807, 2.05) is 0 Å². The number of aliphatic hydroxyl groups is 1. The zero-order valence-corrected chi connectivity index (χ0v) is 21.5. The summed E-state index contributed by atoms with van der Waals surface area (Å²) in [6, 6.07) is 0. The van der Waals surface area contributed by atoms with E-state index in [9.17, 15) is 14.4 Å². The van der Waals surface area contributed by atoms with Gasteiger partial charge in [0.2, 0.25) is 17.8 Å². The summed E-state index contributed by atoms with van der Waals surface area (Å²) in [7, 11) is 0. The highest BCUT2D eigenvalue weighted by Gasteiger charge is 2.07. The molecular weight excluding hydrogens is 486 g/mol. The molecule has 0 radical (unpaired) electrons. The molecule has 212 valence electrons. The second kappa shape index (κ2) is 23.2. The molecular formula is C23H43N7O7. The molecule has 1 aromatic rings. The van der Waals surface area contributed by atoms with Crippen LogP contribution in [-0.4, -0.2) is 86.1 Å². The first-order valence-electron chi connectivity index (χ1n) is 12.7. The van der Waals surface area contributed by atoms with Crippen LogP contribution in [0.25, 0.3) is 0 Å². The molecule has 9 N–H and O–H groups in total. The van der Waals surface area contributed by atoms with E-state index < -0.39 is 17.9 Å². The summed E-state index contributed by atoms with van der Waals surface area (Å²) in [6.45, 7) is 2.28. The van der Waals surface area contributed by atoms with Gasteiger partial charge in [-0.1, -0.05) is 19.3 Å². The molecule has 0 unspecified atom stereocenters. The van der Waals surface area contributed by atoms with Crippen LogP contribution in [0.4, 0.5) is 17.8 Å². The number of hydrogen-bond donors (Lipinski definition) is 8. The molecule has 0 atom stereocenters. The number of nitrogens with one attached hydrogen (secondary N) is 3. The number of carboxylic acids is 3. The second-order valence-corrected chi connectivity index (χ2v) is 8.21. The smallest absolute Gasteiger partial charge is 0.303 e. The average molecular weight is 530 g/mol. The summed E-state index contributed by atoms with van der Waals surface area (Å²) >= 11 is 0. The molecule has 1 rings (SSSR count). The van der Waals surface area contributed by atoms with Crippen molar-refractivity contribution < 1.29 is 34.8 Å². The summed E-state index contributed by atoms with van der Waals surface area (Å²) in [5.41, 5.74) is 4.78. The molecule has 0 saturated heterocycles. The van der Waals surface area contributed by atoms with E-state index in [1.165, 1.54) is 0 Å². The summed E-state index contributed by atoms with van der Waals surface area (Å²) in [6.07, 6.45) is 7.07. The molecule has 0 fully saturated rings. The number of carboxylic acid groups (broad SMARTS) is 3. The maximum absolute atomic E-state index is 10.6. The van der Waals surface area contributed by atoms with E-state index in [2.05, 4.69) is 30.9 Å². The lowest BCUT2D eigenvalue weighted by Crippen LogP contribution is -2.14. The lowest BCUT2D eigenvalue weighted by molar-refractivity contribution is -0.138. The molecule has 0 saturated carbocycles.